The fourth-order valence-electron chi connectivity index (χ4n) is 4.05. The summed E-state index contributed by atoms with van der Waals surface area (Å²) >= 11 is 1.41. The van der Waals surface area contributed by atoms with Crippen LogP contribution in [-0.4, -0.2) is 71.7 Å². The maximum absolute atomic E-state index is 13.8. The molecule has 0 radical (unpaired) electrons. The second kappa shape index (κ2) is 9.11. The van der Waals surface area contributed by atoms with Gasteiger partial charge in [0.15, 0.2) is 5.16 Å². The van der Waals surface area contributed by atoms with Crippen molar-refractivity contribution in [3.63, 3.8) is 0 Å². The first kappa shape index (κ1) is 22.0. The van der Waals surface area contributed by atoms with Gasteiger partial charge in [-0.25, -0.2) is 19.6 Å². The van der Waals surface area contributed by atoms with Crippen LogP contribution >= 0.6 is 11.8 Å². The molecule has 1 saturated heterocycles. The van der Waals surface area contributed by atoms with E-state index in [1.807, 2.05) is 6.26 Å². The molecule has 11 heteroatoms. The summed E-state index contributed by atoms with van der Waals surface area (Å²) in [5.74, 6) is 1.75. The number of methoxy groups -OCH3 is 2. The highest BCUT2D eigenvalue weighted by Crippen LogP contribution is 2.37. The molecule has 170 valence electrons. The van der Waals surface area contributed by atoms with Crippen molar-refractivity contribution in [1.29, 1.82) is 0 Å². The number of hydrogen-bond donors (Lipinski definition) is 1. The number of carbonyl (C=O) groups excluding carboxylic acids is 1. The molecule has 0 atom stereocenters. The van der Waals surface area contributed by atoms with Crippen LogP contribution < -0.4 is 19.3 Å². The number of likely N-dealkylation sites (tertiary alicyclic amines) is 1. The van der Waals surface area contributed by atoms with Crippen molar-refractivity contribution in [2.75, 3.05) is 43.4 Å². The van der Waals surface area contributed by atoms with E-state index in [9.17, 15) is 14.7 Å². The number of aromatic nitrogens is 2. The van der Waals surface area contributed by atoms with E-state index in [1.165, 1.54) is 16.7 Å². The molecule has 1 fully saturated rings. The Morgan fingerprint density at radius 1 is 1.16 bits per heavy atom. The van der Waals surface area contributed by atoms with E-state index < -0.39 is 6.09 Å². The van der Waals surface area contributed by atoms with Crippen molar-refractivity contribution in [1.82, 2.24) is 14.9 Å². The molecule has 1 N–H and O–H groups in total. The number of nitrogens with zero attached hydrogens (tertiary/aromatic N) is 5. The molecule has 32 heavy (non-hydrogen) atoms. The van der Waals surface area contributed by atoms with Crippen molar-refractivity contribution >= 4 is 35.4 Å². The third-order valence-corrected chi connectivity index (χ3v) is 6.31. The Bertz CT molecular complexity index is 1010. The SMILES string of the molecule is COc1cc(OC)cc(N2Cc3cnc(SC)nc3N(C3CCN(C(=O)O)CC3)C2=O)c1. The van der Waals surface area contributed by atoms with Gasteiger partial charge in [-0.3, -0.25) is 9.80 Å². The van der Waals surface area contributed by atoms with E-state index in [0.717, 1.165) is 5.56 Å². The first-order valence-corrected chi connectivity index (χ1v) is 11.4. The average molecular weight is 460 g/mol. The Morgan fingerprint density at radius 3 is 2.38 bits per heavy atom. The summed E-state index contributed by atoms with van der Waals surface area (Å²) in [6, 6.07) is 4.93. The quantitative estimate of drug-likeness (QED) is 0.536. The summed E-state index contributed by atoms with van der Waals surface area (Å²) < 4.78 is 10.8. The van der Waals surface area contributed by atoms with Crippen LogP contribution in [0.15, 0.2) is 29.6 Å². The number of amides is 3. The molecule has 3 heterocycles. The lowest BCUT2D eigenvalue weighted by Crippen LogP contribution is -2.55. The summed E-state index contributed by atoms with van der Waals surface area (Å²) in [4.78, 5) is 38.9. The second-order valence-electron chi connectivity index (χ2n) is 7.52. The number of hydrogen-bond acceptors (Lipinski definition) is 7. The van der Waals surface area contributed by atoms with Crippen molar-refractivity contribution in [2.45, 2.75) is 30.6 Å². The Hall–Kier alpha value is -3.21. The van der Waals surface area contributed by atoms with E-state index in [4.69, 9.17) is 9.47 Å². The number of anilines is 2. The summed E-state index contributed by atoms with van der Waals surface area (Å²) in [6.07, 6.45) is 3.77. The molecule has 0 spiro atoms. The van der Waals surface area contributed by atoms with E-state index in [2.05, 4.69) is 9.97 Å². The number of piperidine rings is 1. The second-order valence-corrected chi connectivity index (χ2v) is 8.29. The fraction of sp³-hybridized carbons (Fsp3) is 0.429. The van der Waals surface area contributed by atoms with Crippen LogP contribution in [-0.2, 0) is 6.54 Å². The van der Waals surface area contributed by atoms with Crippen LogP contribution in [0, 0.1) is 0 Å². The van der Waals surface area contributed by atoms with Gasteiger partial charge in [-0.2, -0.15) is 0 Å². The first-order valence-electron chi connectivity index (χ1n) is 10.2. The zero-order valence-electron chi connectivity index (χ0n) is 18.1. The van der Waals surface area contributed by atoms with Gasteiger partial charge < -0.3 is 19.5 Å². The van der Waals surface area contributed by atoms with E-state index >= 15 is 0 Å². The first-order chi connectivity index (χ1) is 15.4. The Morgan fingerprint density at radius 2 is 1.81 bits per heavy atom. The van der Waals surface area contributed by atoms with Crippen molar-refractivity contribution in [3.8, 4) is 11.5 Å². The van der Waals surface area contributed by atoms with Gasteiger partial charge in [0.2, 0.25) is 0 Å². The number of rotatable bonds is 5. The summed E-state index contributed by atoms with van der Waals surface area (Å²) in [6.45, 7) is 1.04. The van der Waals surface area contributed by atoms with Crippen LogP contribution in [0.1, 0.15) is 18.4 Å². The molecule has 2 aliphatic heterocycles. The fourth-order valence-corrected chi connectivity index (χ4v) is 4.39. The van der Waals surface area contributed by atoms with Crippen molar-refractivity contribution in [2.24, 2.45) is 0 Å². The normalized spacial score (nSPS) is 16.7. The molecular formula is C21H25N5O5S. The minimum absolute atomic E-state index is 0.170. The van der Waals surface area contributed by atoms with Crippen LogP contribution in [0.25, 0.3) is 0 Å². The van der Waals surface area contributed by atoms with Gasteiger partial charge in [0.05, 0.1) is 26.5 Å². The number of benzene rings is 1. The van der Waals surface area contributed by atoms with Gasteiger partial charge in [-0.05, 0) is 19.1 Å². The molecule has 1 aromatic carbocycles. The molecule has 0 unspecified atom stereocenters. The summed E-state index contributed by atoms with van der Waals surface area (Å²) in [7, 11) is 3.12. The minimum atomic E-state index is -0.939. The molecule has 4 rings (SSSR count). The van der Waals surface area contributed by atoms with Crippen molar-refractivity contribution < 1.29 is 24.2 Å². The lowest BCUT2D eigenvalue weighted by molar-refractivity contribution is 0.132. The summed E-state index contributed by atoms with van der Waals surface area (Å²) in [5.41, 5.74) is 1.46. The minimum Gasteiger partial charge on any atom is -0.497 e. The molecule has 0 aliphatic carbocycles. The Balaban J connectivity index is 1.73. The van der Waals surface area contributed by atoms with Crippen LogP contribution in [0.2, 0.25) is 0 Å². The number of urea groups is 1. The largest absolute Gasteiger partial charge is 0.497 e. The van der Waals surface area contributed by atoms with Crippen molar-refractivity contribution in [3.05, 3.63) is 30.0 Å². The van der Waals surface area contributed by atoms with Crippen LogP contribution in [0.5, 0.6) is 11.5 Å². The lowest BCUT2D eigenvalue weighted by Gasteiger charge is -2.42. The monoisotopic (exact) mass is 459 g/mol. The topological polar surface area (TPSA) is 108 Å². The van der Waals surface area contributed by atoms with E-state index in [-0.39, 0.29) is 12.1 Å². The number of ether oxygens (including phenoxy) is 2. The van der Waals surface area contributed by atoms with E-state index in [0.29, 0.717) is 60.6 Å². The Kier molecular flexibility index (Phi) is 6.26. The average Bonchev–Trinajstić information content (AvgIpc) is 2.83. The van der Waals surface area contributed by atoms with Gasteiger partial charge in [-0.15, -0.1) is 0 Å². The molecular weight excluding hydrogens is 434 g/mol. The van der Waals surface area contributed by atoms with E-state index in [1.54, 1.807) is 48.4 Å². The number of thioether (sulfide) groups is 1. The molecule has 2 aromatic rings. The highest BCUT2D eigenvalue weighted by Gasteiger charge is 2.39. The van der Waals surface area contributed by atoms with Gasteiger partial charge >= 0.3 is 12.1 Å². The van der Waals surface area contributed by atoms with Gasteiger partial charge in [0.1, 0.15) is 17.3 Å². The molecule has 10 nitrogen and oxygen atoms in total. The maximum Gasteiger partial charge on any atom is 0.407 e. The lowest BCUT2D eigenvalue weighted by atomic mass is 10.0. The highest BCUT2D eigenvalue weighted by atomic mass is 32.2. The smallest absolute Gasteiger partial charge is 0.407 e. The predicted molar refractivity (Wildman–Crippen MR) is 120 cm³/mol. The zero-order valence-corrected chi connectivity index (χ0v) is 19.0. The molecule has 1 aromatic heterocycles. The van der Waals surface area contributed by atoms with Crippen LogP contribution in [0.3, 0.4) is 0 Å². The standard InChI is InChI=1S/C21H25N5O5S/c1-30-16-8-15(9-17(10-16)31-2)25-12-13-11-22-19(32-3)23-18(13)26(20(25)27)14-4-6-24(7-5-14)21(28)29/h8-11,14H,4-7,12H2,1-3H3,(H,28,29). The number of carboxylic acid groups (broad SMARTS) is 1. The molecule has 2 aliphatic rings. The molecule has 3 amide bonds. The van der Waals surface area contributed by atoms with Gasteiger partial charge in [-0.1, -0.05) is 11.8 Å². The maximum atomic E-state index is 13.8. The highest BCUT2D eigenvalue weighted by molar-refractivity contribution is 7.98. The zero-order chi connectivity index (χ0) is 22.8. The molecule has 0 saturated carbocycles. The molecule has 0 bridgehead atoms. The Labute approximate surface area is 190 Å². The number of carbonyl (C=O) groups is 2. The predicted octanol–water partition coefficient (Wildman–Crippen LogP) is 3.30. The third kappa shape index (κ3) is 4.12. The van der Waals surface area contributed by atoms with Crippen LogP contribution in [0.4, 0.5) is 21.1 Å². The number of fused-ring (bicyclic) bond motifs is 1. The van der Waals surface area contributed by atoms with Gasteiger partial charge in [0, 0.05) is 49.1 Å². The van der Waals surface area contributed by atoms with Gasteiger partial charge in [0.25, 0.3) is 0 Å². The third-order valence-electron chi connectivity index (χ3n) is 5.74. The summed E-state index contributed by atoms with van der Waals surface area (Å²) in [5, 5.41) is 9.88.